The highest BCUT2D eigenvalue weighted by molar-refractivity contribution is 9.10. The summed E-state index contributed by atoms with van der Waals surface area (Å²) >= 11 is 4.90. The van der Waals surface area contributed by atoms with Gasteiger partial charge in [-0.25, -0.2) is 0 Å². The van der Waals surface area contributed by atoms with Crippen molar-refractivity contribution < 1.29 is 14.7 Å². The normalized spacial score (nSPS) is 17.2. The SMILES string of the molecule is O=C(O)C1(C(=O)NCc2sccc2Br)CCC1. The van der Waals surface area contributed by atoms with Gasteiger partial charge in [0.05, 0.1) is 6.54 Å². The smallest absolute Gasteiger partial charge is 0.319 e. The number of carbonyl (C=O) groups excluding carboxylic acids is 1. The molecule has 1 aliphatic rings. The Morgan fingerprint density at radius 2 is 2.24 bits per heavy atom. The Kier molecular flexibility index (Phi) is 3.53. The lowest BCUT2D eigenvalue weighted by Crippen LogP contribution is -2.50. The van der Waals surface area contributed by atoms with Crippen molar-refractivity contribution in [3.63, 3.8) is 0 Å². The van der Waals surface area contributed by atoms with Crippen LogP contribution in [0.15, 0.2) is 15.9 Å². The molecule has 0 saturated heterocycles. The van der Waals surface area contributed by atoms with Crippen LogP contribution in [0.4, 0.5) is 0 Å². The van der Waals surface area contributed by atoms with Crippen LogP contribution in [0.2, 0.25) is 0 Å². The third kappa shape index (κ3) is 2.24. The van der Waals surface area contributed by atoms with Crippen LogP contribution in [0, 0.1) is 5.41 Å². The molecule has 0 aliphatic heterocycles. The Morgan fingerprint density at radius 1 is 1.53 bits per heavy atom. The van der Waals surface area contributed by atoms with E-state index >= 15 is 0 Å². The van der Waals surface area contributed by atoms with Crippen LogP contribution in [0.25, 0.3) is 0 Å². The van der Waals surface area contributed by atoms with Crippen molar-refractivity contribution in [3.05, 3.63) is 20.8 Å². The van der Waals surface area contributed by atoms with Gasteiger partial charge in [0.1, 0.15) is 5.41 Å². The maximum atomic E-state index is 11.9. The molecule has 0 aromatic carbocycles. The molecule has 6 heteroatoms. The van der Waals surface area contributed by atoms with Gasteiger partial charge in [0.25, 0.3) is 0 Å². The van der Waals surface area contributed by atoms with Crippen LogP contribution >= 0.6 is 27.3 Å². The minimum atomic E-state index is -1.18. The molecule has 0 unspecified atom stereocenters. The molecule has 1 aromatic heterocycles. The molecule has 0 atom stereocenters. The molecule has 1 heterocycles. The van der Waals surface area contributed by atoms with E-state index in [1.54, 1.807) is 0 Å². The first-order chi connectivity index (χ1) is 8.06. The standard InChI is InChI=1S/C11H12BrNO3S/c12-7-2-5-17-8(7)6-13-9(14)11(10(15)16)3-1-4-11/h2,5H,1,3-4,6H2,(H,13,14)(H,15,16). The fraction of sp³-hybridized carbons (Fsp3) is 0.455. The topological polar surface area (TPSA) is 66.4 Å². The molecule has 1 amide bonds. The Labute approximate surface area is 111 Å². The molecule has 0 radical (unpaired) electrons. The number of carboxylic acids is 1. The number of hydrogen-bond donors (Lipinski definition) is 2. The summed E-state index contributed by atoms with van der Waals surface area (Å²) in [5.41, 5.74) is -1.18. The zero-order valence-corrected chi connectivity index (χ0v) is 11.4. The monoisotopic (exact) mass is 317 g/mol. The van der Waals surface area contributed by atoms with Crippen molar-refractivity contribution in [2.45, 2.75) is 25.8 Å². The first-order valence-corrected chi connectivity index (χ1v) is 6.97. The average molecular weight is 318 g/mol. The molecule has 1 aromatic rings. The van der Waals surface area contributed by atoms with Gasteiger partial charge >= 0.3 is 5.97 Å². The molecule has 0 bridgehead atoms. The summed E-state index contributed by atoms with van der Waals surface area (Å²) in [6, 6.07) is 1.91. The summed E-state index contributed by atoms with van der Waals surface area (Å²) in [5.74, 6) is -1.37. The lowest BCUT2D eigenvalue weighted by molar-refractivity contribution is -0.162. The van der Waals surface area contributed by atoms with E-state index in [0.717, 1.165) is 15.8 Å². The summed E-state index contributed by atoms with van der Waals surface area (Å²) in [6.07, 6.45) is 1.70. The highest BCUT2D eigenvalue weighted by Crippen LogP contribution is 2.41. The van der Waals surface area contributed by atoms with E-state index in [0.29, 0.717) is 19.4 Å². The molecule has 1 saturated carbocycles. The van der Waals surface area contributed by atoms with Gasteiger partial charge in [-0.1, -0.05) is 6.42 Å². The second-order valence-electron chi connectivity index (χ2n) is 4.12. The number of thiophene rings is 1. The minimum absolute atomic E-state index is 0.364. The quantitative estimate of drug-likeness (QED) is 0.838. The van der Waals surface area contributed by atoms with Crippen molar-refractivity contribution in [2.24, 2.45) is 5.41 Å². The third-order valence-electron chi connectivity index (χ3n) is 3.15. The predicted octanol–water partition coefficient (Wildman–Crippen LogP) is 2.38. The summed E-state index contributed by atoms with van der Waals surface area (Å²) < 4.78 is 0.945. The summed E-state index contributed by atoms with van der Waals surface area (Å²) in [7, 11) is 0. The van der Waals surface area contributed by atoms with Gasteiger partial charge in [-0.05, 0) is 40.2 Å². The van der Waals surface area contributed by atoms with Crippen molar-refractivity contribution in [3.8, 4) is 0 Å². The van der Waals surface area contributed by atoms with E-state index in [2.05, 4.69) is 21.2 Å². The molecule has 4 nitrogen and oxygen atoms in total. The third-order valence-corrected chi connectivity index (χ3v) is 5.08. The van der Waals surface area contributed by atoms with Crippen molar-refractivity contribution in [2.75, 3.05) is 0 Å². The lowest BCUT2D eigenvalue weighted by atomic mass is 9.68. The van der Waals surface area contributed by atoms with Gasteiger partial charge in [0, 0.05) is 9.35 Å². The Morgan fingerprint density at radius 3 is 2.65 bits per heavy atom. The van der Waals surface area contributed by atoms with Crippen molar-refractivity contribution >= 4 is 39.1 Å². The van der Waals surface area contributed by atoms with Gasteiger partial charge in [-0.15, -0.1) is 11.3 Å². The fourth-order valence-corrected chi connectivity index (χ4v) is 3.28. The van der Waals surface area contributed by atoms with Crippen molar-refractivity contribution in [1.29, 1.82) is 0 Å². The number of carboxylic acid groups (broad SMARTS) is 1. The van der Waals surface area contributed by atoms with E-state index in [4.69, 9.17) is 5.11 Å². The maximum absolute atomic E-state index is 11.9. The zero-order valence-electron chi connectivity index (χ0n) is 9.03. The van der Waals surface area contributed by atoms with Gasteiger partial charge in [0.15, 0.2) is 0 Å². The molecule has 2 N–H and O–H groups in total. The predicted molar refractivity (Wildman–Crippen MR) is 67.8 cm³/mol. The van der Waals surface area contributed by atoms with E-state index in [-0.39, 0.29) is 5.91 Å². The van der Waals surface area contributed by atoms with Crippen LogP contribution in [-0.2, 0) is 16.1 Å². The molecule has 92 valence electrons. The molecule has 2 rings (SSSR count). The molecule has 1 fully saturated rings. The minimum Gasteiger partial charge on any atom is -0.480 e. The Balaban J connectivity index is 1.98. The highest BCUT2D eigenvalue weighted by atomic mass is 79.9. The summed E-state index contributed by atoms with van der Waals surface area (Å²) in [5, 5.41) is 13.7. The first kappa shape index (κ1) is 12.6. The van der Waals surface area contributed by atoms with E-state index in [1.807, 2.05) is 11.4 Å². The number of aliphatic carboxylic acids is 1. The van der Waals surface area contributed by atoms with Crippen LogP contribution in [0.1, 0.15) is 24.1 Å². The van der Waals surface area contributed by atoms with Crippen LogP contribution < -0.4 is 5.32 Å². The molecule has 1 aliphatic carbocycles. The summed E-state index contributed by atoms with van der Waals surface area (Å²) in [4.78, 5) is 24.0. The molecular weight excluding hydrogens is 306 g/mol. The van der Waals surface area contributed by atoms with Crippen LogP contribution in [-0.4, -0.2) is 17.0 Å². The highest BCUT2D eigenvalue weighted by Gasteiger charge is 2.51. The largest absolute Gasteiger partial charge is 0.480 e. The Hall–Kier alpha value is -0.880. The van der Waals surface area contributed by atoms with E-state index in [9.17, 15) is 9.59 Å². The van der Waals surface area contributed by atoms with Crippen molar-refractivity contribution in [1.82, 2.24) is 5.32 Å². The van der Waals surface area contributed by atoms with Crippen LogP contribution in [0.3, 0.4) is 0 Å². The number of amides is 1. The lowest BCUT2D eigenvalue weighted by Gasteiger charge is -2.35. The first-order valence-electron chi connectivity index (χ1n) is 5.30. The number of carbonyl (C=O) groups is 2. The van der Waals surface area contributed by atoms with Gasteiger partial charge < -0.3 is 10.4 Å². The van der Waals surface area contributed by atoms with E-state index in [1.165, 1.54) is 11.3 Å². The maximum Gasteiger partial charge on any atom is 0.319 e. The second-order valence-corrected chi connectivity index (χ2v) is 5.97. The van der Waals surface area contributed by atoms with Gasteiger partial charge in [0.2, 0.25) is 5.91 Å². The zero-order chi connectivity index (χ0) is 12.5. The molecule has 0 spiro atoms. The average Bonchev–Trinajstić information content (AvgIpc) is 2.58. The Bertz CT molecular complexity index is 453. The number of hydrogen-bond acceptors (Lipinski definition) is 3. The van der Waals surface area contributed by atoms with Crippen LogP contribution in [0.5, 0.6) is 0 Å². The molecule has 17 heavy (non-hydrogen) atoms. The number of rotatable bonds is 4. The van der Waals surface area contributed by atoms with Gasteiger partial charge in [-0.3, -0.25) is 9.59 Å². The fourth-order valence-electron chi connectivity index (χ4n) is 1.85. The molecular formula is C11H12BrNO3S. The van der Waals surface area contributed by atoms with E-state index < -0.39 is 11.4 Å². The number of nitrogens with one attached hydrogen (secondary N) is 1. The second kappa shape index (κ2) is 4.78. The number of halogens is 1. The van der Waals surface area contributed by atoms with Gasteiger partial charge in [-0.2, -0.15) is 0 Å². The summed E-state index contributed by atoms with van der Waals surface area (Å²) in [6.45, 7) is 0.381.